The topological polar surface area (TPSA) is 41.5 Å². The third-order valence-electron chi connectivity index (χ3n) is 4.73. The van der Waals surface area contributed by atoms with E-state index >= 15 is 0 Å². The molecule has 2 aromatic heterocycles. The maximum Gasteiger partial charge on any atom is 0.147 e. The number of nitrogens with zero attached hydrogens (tertiary/aromatic N) is 4. The molecule has 3 aromatic rings. The lowest BCUT2D eigenvalue weighted by atomic mass is 10.2. The van der Waals surface area contributed by atoms with Gasteiger partial charge in [-0.15, -0.1) is 11.3 Å². The molecule has 0 amide bonds. The van der Waals surface area contributed by atoms with Gasteiger partial charge in [0.15, 0.2) is 0 Å². The molecule has 1 aromatic carbocycles. The summed E-state index contributed by atoms with van der Waals surface area (Å²) in [5.74, 6) is 1.66. The van der Waals surface area contributed by atoms with E-state index in [2.05, 4.69) is 20.2 Å². The number of methoxy groups -OCH3 is 1. The van der Waals surface area contributed by atoms with Gasteiger partial charge in [0.2, 0.25) is 0 Å². The van der Waals surface area contributed by atoms with E-state index in [1.54, 1.807) is 30.7 Å². The second-order valence-electron chi connectivity index (χ2n) is 6.59. The summed E-state index contributed by atoms with van der Waals surface area (Å²) >= 11 is 13.9. The molecule has 8 heteroatoms. The fraction of sp³-hybridized carbons (Fsp3) is 0.300. The second-order valence-corrected chi connectivity index (χ2v) is 8.30. The van der Waals surface area contributed by atoms with Crippen molar-refractivity contribution in [3.63, 3.8) is 0 Å². The number of piperazine rings is 1. The summed E-state index contributed by atoms with van der Waals surface area (Å²) in [5.41, 5.74) is 2.22. The average molecular weight is 435 g/mol. The van der Waals surface area contributed by atoms with Crippen LogP contribution in [0.5, 0.6) is 5.75 Å². The van der Waals surface area contributed by atoms with Crippen LogP contribution in [0.3, 0.4) is 0 Å². The standard InChI is InChI=1S/C20H20Cl2N4OS/c1-27-17-4-2-14(3-5-17)20-24-16(13-28-20)12-25-6-8-26(9-7-25)19-18(22)10-15(21)11-23-19/h2-5,10-11,13H,6-9,12H2,1H3. The Hall–Kier alpha value is -1.86. The van der Waals surface area contributed by atoms with Crippen LogP contribution in [0.15, 0.2) is 41.9 Å². The van der Waals surface area contributed by atoms with Crippen molar-refractivity contribution in [3.05, 3.63) is 57.6 Å². The van der Waals surface area contributed by atoms with Gasteiger partial charge in [0.25, 0.3) is 0 Å². The van der Waals surface area contributed by atoms with Crippen LogP contribution in [-0.2, 0) is 6.54 Å². The Morgan fingerprint density at radius 1 is 1.11 bits per heavy atom. The zero-order valence-electron chi connectivity index (χ0n) is 15.4. The smallest absolute Gasteiger partial charge is 0.147 e. The number of ether oxygens (including phenoxy) is 1. The van der Waals surface area contributed by atoms with Crippen LogP contribution in [0.2, 0.25) is 10.0 Å². The van der Waals surface area contributed by atoms with Crippen LogP contribution in [0.1, 0.15) is 5.69 Å². The van der Waals surface area contributed by atoms with E-state index in [0.717, 1.165) is 60.6 Å². The van der Waals surface area contributed by atoms with Crippen LogP contribution < -0.4 is 9.64 Å². The van der Waals surface area contributed by atoms with Crippen LogP contribution in [0.4, 0.5) is 5.82 Å². The molecule has 1 saturated heterocycles. The molecule has 0 unspecified atom stereocenters. The minimum absolute atomic E-state index is 0.559. The van der Waals surface area contributed by atoms with Crippen LogP contribution >= 0.6 is 34.5 Å². The first kappa shape index (κ1) is 19.5. The molecule has 146 valence electrons. The molecule has 0 spiro atoms. The maximum atomic E-state index is 6.29. The summed E-state index contributed by atoms with van der Waals surface area (Å²) in [6.07, 6.45) is 1.64. The molecular weight excluding hydrogens is 415 g/mol. The highest BCUT2D eigenvalue weighted by molar-refractivity contribution is 7.13. The molecule has 5 nitrogen and oxygen atoms in total. The number of rotatable bonds is 5. The Morgan fingerprint density at radius 3 is 2.54 bits per heavy atom. The summed E-state index contributed by atoms with van der Waals surface area (Å²) in [7, 11) is 1.67. The number of hydrogen-bond acceptors (Lipinski definition) is 6. The molecule has 28 heavy (non-hydrogen) atoms. The minimum Gasteiger partial charge on any atom is -0.497 e. The Balaban J connectivity index is 1.35. The molecule has 4 rings (SSSR count). The lowest BCUT2D eigenvalue weighted by Gasteiger charge is -2.35. The zero-order valence-corrected chi connectivity index (χ0v) is 17.8. The first-order valence-electron chi connectivity index (χ1n) is 8.99. The number of pyridine rings is 1. The van der Waals surface area contributed by atoms with Crippen molar-refractivity contribution in [2.24, 2.45) is 0 Å². The fourth-order valence-corrected chi connectivity index (χ4v) is 4.55. The van der Waals surface area contributed by atoms with Crippen molar-refractivity contribution in [3.8, 4) is 16.3 Å². The van der Waals surface area contributed by atoms with Crippen molar-refractivity contribution >= 4 is 40.4 Å². The van der Waals surface area contributed by atoms with Gasteiger partial charge >= 0.3 is 0 Å². The molecule has 3 heterocycles. The molecule has 1 aliphatic heterocycles. The van der Waals surface area contributed by atoms with Crippen LogP contribution in [0.25, 0.3) is 10.6 Å². The molecular formula is C20H20Cl2N4OS. The fourth-order valence-electron chi connectivity index (χ4n) is 3.23. The summed E-state index contributed by atoms with van der Waals surface area (Å²) in [4.78, 5) is 13.8. The summed E-state index contributed by atoms with van der Waals surface area (Å²) in [6.45, 7) is 4.49. The number of benzene rings is 1. The third kappa shape index (κ3) is 4.41. The van der Waals surface area contributed by atoms with Crippen LogP contribution in [0, 0.1) is 0 Å². The number of aromatic nitrogens is 2. The van der Waals surface area contributed by atoms with E-state index in [4.69, 9.17) is 32.9 Å². The zero-order chi connectivity index (χ0) is 19.5. The largest absolute Gasteiger partial charge is 0.497 e. The summed E-state index contributed by atoms with van der Waals surface area (Å²) in [5, 5.41) is 4.34. The first-order chi connectivity index (χ1) is 13.6. The molecule has 1 fully saturated rings. The summed E-state index contributed by atoms with van der Waals surface area (Å²) in [6, 6.07) is 9.76. The predicted octanol–water partition coefficient (Wildman–Crippen LogP) is 4.84. The number of halogens is 2. The Bertz CT molecular complexity index is 940. The SMILES string of the molecule is COc1ccc(-c2nc(CN3CCN(c4ncc(Cl)cc4Cl)CC3)cs2)cc1. The minimum atomic E-state index is 0.559. The van der Waals surface area contributed by atoms with E-state index in [-0.39, 0.29) is 0 Å². The van der Waals surface area contributed by atoms with E-state index in [0.29, 0.717) is 10.0 Å². The van der Waals surface area contributed by atoms with E-state index in [1.807, 2.05) is 24.3 Å². The Kier molecular flexibility index (Phi) is 6.01. The number of hydrogen-bond donors (Lipinski definition) is 0. The van der Waals surface area contributed by atoms with Crippen LogP contribution in [-0.4, -0.2) is 48.2 Å². The van der Waals surface area contributed by atoms with Crippen molar-refractivity contribution < 1.29 is 4.74 Å². The highest BCUT2D eigenvalue weighted by Crippen LogP contribution is 2.28. The molecule has 0 N–H and O–H groups in total. The highest BCUT2D eigenvalue weighted by Gasteiger charge is 2.21. The molecule has 0 atom stereocenters. The quantitative estimate of drug-likeness (QED) is 0.574. The highest BCUT2D eigenvalue weighted by atomic mass is 35.5. The summed E-state index contributed by atoms with van der Waals surface area (Å²) < 4.78 is 5.22. The lowest BCUT2D eigenvalue weighted by Crippen LogP contribution is -2.46. The first-order valence-corrected chi connectivity index (χ1v) is 10.6. The van der Waals surface area contributed by atoms with E-state index in [9.17, 15) is 0 Å². The lowest BCUT2D eigenvalue weighted by molar-refractivity contribution is 0.247. The van der Waals surface area contributed by atoms with Gasteiger partial charge in [0.1, 0.15) is 16.6 Å². The van der Waals surface area contributed by atoms with E-state index in [1.165, 1.54) is 0 Å². The van der Waals surface area contributed by atoms with Gasteiger partial charge in [-0.25, -0.2) is 9.97 Å². The molecule has 1 aliphatic rings. The van der Waals surface area contributed by atoms with Gasteiger partial charge in [0, 0.05) is 49.9 Å². The van der Waals surface area contributed by atoms with Crippen molar-refractivity contribution in [1.82, 2.24) is 14.9 Å². The molecule has 0 aliphatic carbocycles. The van der Waals surface area contributed by atoms with E-state index < -0.39 is 0 Å². The van der Waals surface area contributed by atoms with Crippen molar-refractivity contribution in [2.45, 2.75) is 6.54 Å². The third-order valence-corrected chi connectivity index (χ3v) is 6.16. The normalized spacial score (nSPS) is 15.0. The number of anilines is 1. The van der Waals surface area contributed by atoms with Crippen molar-refractivity contribution in [2.75, 3.05) is 38.2 Å². The molecule has 0 saturated carbocycles. The Labute approximate surface area is 178 Å². The van der Waals surface area contributed by atoms with Gasteiger partial charge in [-0.2, -0.15) is 0 Å². The van der Waals surface area contributed by atoms with Crippen molar-refractivity contribution in [1.29, 1.82) is 0 Å². The Morgan fingerprint density at radius 2 is 1.86 bits per heavy atom. The molecule has 0 radical (unpaired) electrons. The van der Waals surface area contributed by atoms with Gasteiger partial charge in [-0.3, -0.25) is 4.90 Å². The maximum absolute atomic E-state index is 6.29. The van der Waals surface area contributed by atoms with Gasteiger partial charge in [0.05, 0.1) is 22.8 Å². The molecule has 0 bridgehead atoms. The van der Waals surface area contributed by atoms with Gasteiger partial charge in [-0.05, 0) is 30.3 Å². The predicted molar refractivity (Wildman–Crippen MR) is 116 cm³/mol. The monoisotopic (exact) mass is 434 g/mol. The second kappa shape index (κ2) is 8.66. The van der Waals surface area contributed by atoms with Gasteiger partial charge < -0.3 is 9.64 Å². The average Bonchev–Trinajstić information content (AvgIpc) is 3.17. The van der Waals surface area contributed by atoms with Gasteiger partial charge in [-0.1, -0.05) is 23.2 Å². The number of thiazole rings is 1.